The van der Waals surface area contributed by atoms with Crippen molar-refractivity contribution in [2.45, 2.75) is 39.0 Å². The minimum Gasteiger partial charge on any atom is -0.0625 e. The van der Waals surface area contributed by atoms with Gasteiger partial charge in [-0.15, -0.1) is 0 Å². The third-order valence-electron chi connectivity index (χ3n) is 1.89. The number of hydrogen-bond donors (Lipinski definition) is 0. The monoisotopic (exact) mass is 101 g/mol. The second kappa shape index (κ2) is 2.34. The second-order valence-electron chi connectivity index (χ2n) is 2.74. The van der Waals surface area contributed by atoms with E-state index >= 15 is 0 Å². The van der Waals surface area contributed by atoms with E-state index in [2.05, 4.69) is 6.92 Å². The molecule has 0 amide bonds. The van der Waals surface area contributed by atoms with Gasteiger partial charge in [0.2, 0.25) is 0 Å². The molecule has 1 aliphatic carbocycles. The zero-order valence-electron chi connectivity index (χ0n) is 5.11. The Bertz CT molecular complexity index is 42.0. The Hall–Kier alpha value is 0. The van der Waals surface area contributed by atoms with Crippen LogP contribution >= 0.6 is 0 Å². The molecule has 1 rings (SSSR count). The van der Waals surface area contributed by atoms with Gasteiger partial charge in [-0.25, -0.2) is 0 Å². The standard InChI is InChI=1S/C7H14/c1-7-5-3-2-4-6-7/h7H,2-6H2,1H3/i1+3. The lowest BCUT2D eigenvalue weighted by Gasteiger charge is -2.15. The van der Waals surface area contributed by atoms with E-state index in [1.807, 2.05) is 0 Å². The quantitative estimate of drug-likeness (QED) is 0.440. The summed E-state index contributed by atoms with van der Waals surface area (Å²) in [6.45, 7) is 2.36. The highest BCUT2D eigenvalue weighted by Gasteiger charge is 2.05. The van der Waals surface area contributed by atoms with E-state index < -0.39 is 0 Å². The molecule has 0 aromatic carbocycles. The Balaban J connectivity index is 2.12. The largest absolute Gasteiger partial charge is 0.0625 e. The zero-order chi connectivity index (χ0) is 5.11. The Kier molecular flexibility index (Phi) is 1.72. The molecule has 0 heteroatoms. The van der Waals surface area contributed by atoms with Crippen LogP contribution in [0.25, 0.3) is 0 Å². The number of hydrogen-bond acceptors (Lipinski definition) is 0. The topological polar surface area (TPSA) is 0 Å². The maximum absolute atomic E-state index is 2.36. The van der Waals surface area contributed by atoms with Crippen molar-refractivity contribution < 1.29 is 0 Å². The van der Waals surface area contributed by atoms with Gasteiger partial charge in [-0.05, 0) is 5.92 Å². The fraction of sp³-hybridized carbons (Fsp3) is 1.00. The van der Waals surface area contributed by atoms with Crippen molar-refractivity contribution in [2.75, 3.05) is 0 Å². The molecule has 0 N–H and O–H groups in total. The Morgan fingerprint density at radius 3 is 1.86 bits per heavy atom. The highest BCUT2D eigenvalue weighted by atomic mass is 15.4. The minimum atomic E-state index is 1.04. The number of rotatable bonds is 0. The molecule has 0 aliphatic heterocycles. The summed E-state index contributed by atoms with van der Waals surface area (Å²) in [5.41, 5.74) is 0. The van der Waals surface area contributed by atoms with E-state index in [4.69, 9.17) is 0 Å². The molecule has 0 atom stereocenters. The van der Waals surface area contributed by atoms with Gasteiger partial charge in [0.15, 0.2) is 0 Å². The fourth-order valence-electron chi connectivity index (χ4n) is 1.31. The smallest absolute Gasteiger partial charge is 0.0443 e. The summed E-state index contributed by atoms with van der Waals surface area (Å²) in [5, 5.41) is 0. The van der Waals surface area contributed by atoms with E-state index in [9.17, 15) is 0 Å². The zero-order valence-corrected chi connectivity index (χ0v) is 5.11. The van der Waals surface area contributed by atoms with Gasteiger partial charge >= 0.3 is 0 Å². The maximum Gasteiger partial charge on any atom is -0.0443 e. The summed E-state index contributed by atoms with van der Waals surface area (Å²) in [6, 6.07) is 0. The summed E-state index contributed by atoms with van der Waals surface area (Å²) >= 11 is 0. The Morgan fingerprint density at radius 1 is 1.00 bits per heavy atom. The van der Waals surface area contributed by atoms with Crippen LogP contribution in [0.3, 0.4) is 0 Å². The van der Waals surface area contributed by atoms with E-state index in [-0.39, 0.29) is 0 Å². The van der Waals surface area contributed by atoms with Crippen LogP contribution in [0.15, 0.2) is 0 Å². The molecular weight excluding hydrogens is 87.1 g/mol. The summed E-state index contributed by atoms with van der Waals surface area (Å²) in [7, 11) is 0. The molecule has 0 spiro atoms. The van der Waals surface area contributed by atoms with Crippen LogP contribution in [-0.2, 0) is 0 Å². The first-order valence-corrected chi connectivity index (χ1v) is 3.39. The third kappa shape index (κ3) is 1.50. The molecule has 0 nitrogen and oxygen atoms in total. The van der Waals surface area contributed by atoms with Crippen LogP contribution in [0.1, 0.15) is 39.0 Å². The molecule has 1 saturated carbocycles. The lowest BCUT2D eigenvalue weighted by molar-refractivity contribution is 0.385. The molecular formula is C7H14. The van der Waals surface area contributed by atoms with Crippen molar-refractivity contribution in [1.29, 1.82) is 0 Å². The molecule has 42 valence electrons. The van der Waals surface area contributed by atoms with Gasteiger partial charge in [-0.2, -0.15) is 0 Å². The van der Waals surface area contributed by atoms with Crippen LogP contribution < -0.4 is 0 Å². The van der Waals surface area contributed by atoms with Gasteiger partial charge in [-0.1, -0.05) is 39.0 Å². The highest BCUT2D eigenvalue weighted by Crippen LogP contribution is 2.21. The predicted molar refractivity (Wildman–Crippen MR) is 32.2 cm³/mol. The fourth-order valence-corrected chi connectivity index (χ4v) is 1.31. The van der Waals surface area contributed by atoms with Gasteiger partial charge in [-0.3, -0.25) is 0 Å². The first-order chi connectivity index (χ1) is 3.39. The van der Waals surface area contributed by atoms with E-state index in [0.717, 1.165) is 5.92 Å². The van der Waals surface area contributed by atoms with Gasteiger partial charge in [0.05, 0.1) is 0 Å². The molecule has 0 unspecified atom stereocenters. The highest BCUT2D eigenvalue weighted by molar-refractivity contribution is 4.59. The molecule has 0 heterocycles. The van der Waals surface area contributed by atoms with Crippen molar-refractivity contribution in [2.24, 2.45) is 5.92 Å². The first kappa shape index (κ1) is 5.14. The molecule has 0 radical (unpaired) electrons. The molecule has 7 heavy (non-hydrogen) atoms. The molecule has 1 aliphatic rings. The summed E-state index contributed by atoms with van der Waals surface area (Å²) in [6.07, 6.45) is 7.44. The van der Waals surface area contributed by atoms with Gasteiger partial charge in [0, 0.05) is 0 Å². The summed E-state index contributed by atoms with van der Waals surface area (Å²) < 4.78 is 0. The Labute approximate surface area is 45.9 Å². The average molecular weight is 101 g/mol. The van der Waals surface area contributed by atoms with Crippen molar-refractivity contribution in [3.63, 3.8) is 0 Å². The first-order valence-electron chi connectivity index (χ1n) is 3.39. The average Bonchev–Trinajstić information content (AvgIpc) is 1.69. The molecule has 0 bridgehead atoms. The Morgan fingerprint density at radius 2 is 1.57 bits per heavy atom. The van der Waals surface area contributed by atoms with Crippen molar-refractivity contribution in [1.82, 2.24) is 0 Å². The molecule has 0 saturated heterocycles. The lowest BCUT2D eigenvalue weighted by atomic mass is 9.98. The second-order valence-corrected chi connectivity index (χ2v) is 2.74. The predicted octanol–water partition coefficient (Wildman–Crippen LogP) is 2.59. The molecule has 0 aromatic heterocycles. The summed E-state index contributed by atoms with van der Waals surface area (Å²) in [5.74, 6) is 1.04. The lowest BCUT2D eigenvalue weighted by Crippen LogP contribution is -1.99. The van der Waals surface area contributed by atoms with E-state index in [1.165, 1.54) is 32.1 Å². The molecule has 1 fully saturated rings. The van der Waals surface area contributed by atoms with Crippen LogP contribution in [0.4, 0.5) is 0 Å². The normalized spacial score (nSPS) is 25.3. The van der Waals surface area contributed by atoms with Crippen molar-refractivity contribution in [3.8, 4) is 0 Å². The van der Waals surface area contributed by atoms with Crippen LogP contribution in [0, 0.1) is 5.92 Å². The SMILES string of the molecule is [15CH3]C1CCCCC1. The van der Waals surface area contributed by atoms with Gasteiger partial charge in [0.1, 0.15) is 0 Å². The van der Waals surface area contributed by atoms with E-state index in [0.29, 0.717) is 0 Å². The van der Waals surface area contributed by atoms with Crippen LogP contribution in [-0.4, -0.2) is 0 Å². The summed E-state index contributed by atoms with van der Waals surface area (Å²) in [4.78, 5) is 0. The van der Waals surface area contributed by atoms with Gasteiger partial charge < -0.3 is 0 Å². The van der Waals surface area contributed by atoms with Crippen molar-refractivity contribution in [3.05, 3.63) is 0 Å². The maximum atomic E-state index is 2.36. The van der Waals surface area contributed by atoms with E-state index in [1.54, 1.807) is 0 Å². The molecule has 0 aromatic rings. The van der Waals surface area contributed by atoms with Crippen LogP contribution in [0.2, 0.25) is 0 Å². The minimum absolute atomic E-state index is 1.04. The van der Waals surface area contributed by atoms with Crippen LogP contribution in [0.5, 0.6) is 0 Å². The third-order valence-corrected chi connectivity index (χ3v) is 1.89. The van der Waals surface area contributed by atoms with Crippen molar-refractivity contribution >= 4 is 0 Å². The van der Waals surface area contributed by atoms with Gasteiger partial charge in [0.25, 0.3) is 0 Å².